The molecule has 0 aromatic heterocycles. The van der Waals surface area contributed by atoms with Crippen LogP contribution in [0.3, 0.4) is 0 Å². The molecule has 0 fully saturated rings. The molecular weight excluding hydrogens is 432 g/mol. The summed E-state index contributed by atoms with van der Waals surface area (Å²) >= 11 is 0. The Morgan fingerprint density at radius 3 is 1.86 bits per heavy atom. The average Bonchev–Trinajstić information content (AvgIpc) is 2.57. The SMILES string of the molecule is C=CS(=O)(=O)CCc1cc(C(N)=O)c(CCS(=O)(=O)C=C)c(S(=O)(=O)O)c1N. The zero-order valence-corrected chi connectivity index (χ0v) is 17.1. The van der Waals surface area contributed by atoms with E-state index in [9.17, 15) is 34.6 Å². The molecule has 0 aliphatic rings. The summed E-state index contributed by atoms with van der Waals surface area (Å²) < 4.78 is 79.8. The molecule has 0 saturated heterocycles. The van der Waals surface area contributed by atoms with Crippen LogP contribution in [-0.2, 0) is 42.6 Å². The van der Waals surface area contributed by atoms with Gasteiger partial charge in [0, 0.05) is 16.4 Å². The quantitative estimate of drug-likeness (QED) is 0.319. The third kappa shape index (κ3) is 5.89. The standard InChI is InChI=1S/C15H20N2O8S3/c1-3-26(19,20)7-5-10-9-12(15(17)18)11(6-8-27(21,22)4-2)14(13(10)16)28(23,24)25/h3-4,9H,1-2,5-8,16H2,(H2,17,18)(H,23,24,25). The van der Waals surface area contributed by atoms with Crippen LogP contribution >= 0.6 is 0 Å². The molecule has 5 N–H and O–H groups in total. The van der Waals surface area contributed by atoms with Gasteiger partial charge in [0.1, 0.15) is 4.90 Å². The van der Waals surface area contributed by atoms with E-state index in [0.29, 0.717) is 10.8 Å². The molecule has 0 bridgehead atoms. The van der Waals surface area contributed by atoms with Crippen molar-refractivity contribution in [1.29, 1.82) is 0 Å². The molecule has 28 heavy (non-hydrogen) atoms. The summed E-state index contributed by atoms with van der Waals surface area (Å²) in [6, 6.07) is 1.08. The Kier molecular flexibility index (Phi) is 7.17. The smallest absolute Gasteiger partial charge is 0.296 e. The molecular formula is C15H20N2O8S3. The van der Waals surface area contributed by atoms with Crippen molar-refractivity contribution in [3.05, 3.63) is 46.7 Å². The van der Waals surface area contributed by atoms with Crippen molar-refractivity contribution in [3.63, 3.8) is 0 Å². The first kappa shape index (κ1) is 23.8. The molecule has 0 atom stereocenters. The molecule has 1 amide bonds. The van der Waals surface area contributed by atoms with Gasteiger partial charge in [0.25, 0.3) is 10.1 Å². The minimum absolute atomic E-state index is 0.0674. The molecule has 1 aromatic rings. The summed E-state index contributed by atoms with van der Waals surface area (Å²) in [6.45, 7) is 6.27. The number of aryl methyl sites for hydroxylation is 1. The first-order chi connectivity index (χ1) is 12.6. The fourth-order valence-electron chi connectivity index (χ4n) is 2.40. The van der Waals surface area contributed by atoms with Crippen LogP contribution in [0.15, 0.2) is 34.9 Å². The molecule has 0 heterocycles. The first-order valence-electron chi connectivity index (χ1n) is 7.57. The number of primary amides is 1. The molecule has 13 heteroatoms. The maximum Gasteiger partial charge on any atom is 0.296 e. The Balaban J connectivity index is 3.71. The Hall–Kier alpha value is -2.22. The van der Waals surface area contributed by atoms with Crippen LogP contribution in [0.5, 0.6) is 0 Å². The van der Waals surface area contributed by atoms with Gasteiger partial charge < -0.3 is 11.5 Å². The number of sulfone groups is 2. The normalized spacial score (nSPS) is 12.5. The van der Waals surface area contributed by atoms with E-state index in [2.05, 4.69) is 13.2 Å². The van der Waals surface area contributed by atoms with Crippen molar-refractivity contribution >= 4 is 41.4 Å². The van der Waals surface area contributed by atoms with E-state index in [-0.39, 0.29) is 17.5 Å². The third-order valence-corrected chi connectivity index (χ3v) is 7.38. The van der Waals surface area contributed by atoms with Crippen LogP contribution in [0.4, 0.5) is 5.69 Å². The Morgan fingerprint density at radius 1 is 1.00 bits per heavy atom. The van der Waals surface area contributed by atoms with E-state index in [1.807, 2.05) is 0 Å². The fourth-order valence-corrected chi connectivity index (χ4v) is 4.66. The van der Waals surface area contributed by atoms with Gasteiger partial charge in [-0.15, -0.1) is 0 Å². The zero-order valence-electron chi connectivity index (χ0n) is 14.7. The summed E-state index contributed by atoms with van der Waals surface area (Å²) in [5.41, 5.74) is 9.72. The lowest BCUT2D eigenvalue weighted by Gasteiger charge is -2.17. The predicted molar refractivity (Wildman–Crippen MR) is 105 cm³/mol. The summed E-state index contributed by atoms with van der Waals surface area (Å²) in [7, 11) is -12.4. The van der Waals surface area contributed by atoms with E-state index in [0.717, 1.165) is 6.07 Å². The van der Waals surface area contributed by atoms with Crippen molar-refractivity contribution < 1.29 is 34.6 Å². The number of carbonyl (C=O) groups excluding carboxylic acids is 1. The Labute approximate surface area is 163 Å². The average molecular weight is 453 g/mol. The summed E-state index contributed by atoms with van der Waals surface area (Å²) in [5, 5.41) is 1.36. The minimum atomic E-state index is -5.00. The van der Waals surface area contributed by atoms with Crippen LogP contribution in [0, 0.1) is 0 Å². The summed E-state index contributed by atoms with van der Waals surface area (Å²) in [5.74, 6) is -2.22. The number of nitrogens with two attached hydrogens (primary N) is 2. The van der Waals surface area contributed by atoms with Gasteiger partial charge in [0.05, 0.1) is 17.2 Å². The highest BCUT2D eigenvalue weighted by molar-refractivity contribution is 7.94. The lowest BCUT2D eigenvalue weighted by Crippen LogP contribution is -2.21. The number of nitrogen functional groups attached to an aromatic ring is 1. The van der Waals surface area contributed by atoms with E-state index < -0.39 is 69.8 Å². The van der Waals surface area contributed by atoms with Crippen molar-refractivity contribution in [1.82, 2.24) is 0 Å². The number of anilines is 1. The van der Waals surface area contributed by atoms with Gasteiger partial charge in [-0.05, 0) is 30.0 Å². The highest BCUT2D eigenvalue weighted by atomic mass is 32.2. The van der Waals surface area contributed by atoms with Crippen LogP contribution in [0.2, 0.25) is 0 Å². The van der Waals surface area contributed by atoms with Gasteiger partial charge in [-0.25, -0.2) is 16.8 Å². The van der Waals surface area contributed by atoms with E-state index >= 15 is 0 Å². The van der Waals surface area contributed by atoms with Crippen molar-refractivity contribution in [3.8, 4) is 0 Å². The van der Waals surface area contributed by atoms with Gasteiger partial charge in [0.15, 0.2) is 19.7 Å². The highest BCUT2D eigenvalue weighted by Crippen LogP contribution is 2.31. The van der Waals surface area contributed by atoms with E-state index in [4.69, 9.17) is 11.5 Å². The fraction of sp³-hybridized carbons (Fsp3) is 0.267. The molecule has 0 radical (unpaired) electrons. The molecule has 1 aromatic carbocycles. The number of carbonyl (C=O) groups is 1. The second-order valence-electron chi connectivity index (χ2n) is 5.71. The van der Waals surface area contributed by atoms with Gasteiger partial charge in [0.2, 0.25) is 5.91 Å². The van der Waals surface area contributed by atoms with Gasteiger partial charge in [-0.2, -0.15) is 8.42 Å². The summed E-state index contributed by atoms with van der Waals surface area (Å²) in [4.78, 5) is 10.9. The molecule has 1 rings (SSSR count). The van der Waals surface area contributed by atoms with Gasteiger partial charge >= 0.3 is 0 Å². The van der Waals surface area contributed by atoms with Crippen molar-refractivity contribution in [2.24, 2.45) is 5.73 Å². The van der Waals surface area contributed by atoms with Crippen molar-refractivity contribution in [2.45, 2.75) is 17.7 Å². The van der Waals surface area contributed by atoms with Crippen LogP contribution < -0.4 is 11.5 Å². The lowest BCUT2D eigenvalue weighted by atomic mass is 9.98. The van der Waals surface area contributed by atoms with E-state index in [1.54, 1.807) is 0 Å². The molecule has 156 valence electrons. The minimum Gasteiger partial charge on any atom is -0.397 e. The van der Waals surface area contributed by atoms with Gasteiger partial charge in [-0.3, -0.25) is 9.35 Å². The molecule has 0 saturated carbocycles. The van der Waals surface area contributed by atoms with E-state index in [1.165, 1.54) is 0 Å². The zero-order chi connectivity index (χ0) is 21.9. The second kappa shape index (κ2) is 8.43. The van der Waals surface area contributed by atoms with Crippen LogP contribution in [0.1, 0.15) is 21.5 Å². The maximum atomic E-state index is 11.9. The number of amides is 1. The van der Waals surface area contributed by atoms with Crippen molar-refractivity contribution in [2.75, 3.05) is 17.2 Å². The molecule has 0 aliphatic heterocycles. The molecule has 0 unspecified atom stereocenters. The number of hydrogen-bond acceptors (Lipinski definition) is 8. The first-order valence-corrected chi connectivity index (χ1v) is 12.4. The van der Waals surface area contributed by atoms with Crippen LogP contribution in [0.25, 0.3) is 0 Å². The maximum absolute atomic E-state index is 11.9. The third-order valence-electron chi connectivity index (χ3n) is 3.83. The second-order valence-corrected chi connectivity index (χ2v) is 11.2. The number of benzene rings is 1. The monoisotopic (exact) mass is 452 g/mol. The lowest BCUT2D eigenvalue weighted by molar-refractivity contribution is 0.0999. The molecule has 0 spiro atoms. The van der Waals surface area contributed by atoms with Crippen LogP contribution in [-0.4, -0.2) is 47.2 Å². The topological polar surface area (TPSA) is 192 Å². The predicted octanol–water partition coefficient (Wildman–Crippen LogP) is -0.184. The Bertz CT molecular complexity index is 1130. The summed E-state index contributed by atoms with van der Waals surface area (Å²) in [6.07, 6.45) is -0.800. The molecule has 10 nitrogen and oxygen atoms in total. The van der Waals surface area contributed by atoms with Gasteiger partial charge in [-0.1, -0.05) is 13.2 Å². The number of rotatable bonds is 10. The highest BCUT2D eigenvalue weighted by Gasteiger charge is 2.28. The largest absolute Gasteiger partial charge is 0.397 e. The molecule has 0 aliphatic carbocycles. The Morgan fingerprint density at radius 2 is 1.46 bits per heavy atom. The number of hydrogen-bond donors (Lipinski definition) is 3.